The predicted octanol–water partition coefficient (Wildman–Crippen LogP) is 6.05. The summed E-state index contributed by atoms with van der Waals surface area (Å²) < 4.78 is 9.83. The van der Waals surface area contributed by atoms with E-state index in [1.54, 1.807) is 36.6 Å². The van der Waals surface area contributed by atoms with Crippen LogP contribution in [0.4, 0.5) is 10.5 Å². The third kappa shape index (κ3) is 7.68. The number of nitrogens with zero attached hydrogens (tertiary/aromatic N) is 1. The highest BCUT2D eigenvalue weighted by Crippen LogP contribution is 2.30. The maximum Gasteiger partial charge on any atom is 0.337 e. The van der Waals surface area contributed by atoms with Gasteiger partial charge in [-0.05, 0) is 61.5 Å². The number of allylic oxidation sites excluding steroid dienone is 1. The number of anilines is 1. The van der Waals surface area contributed by atoms with E-state index in [1.165, 1.54) is 7.11 Å². The van der Waals surface area contributed by atoms with Crippen LogP contribution in [0.25, 0.3) is 11.3 Å². The molecule has 2 heterocycles. The van der Waals surface area contributed by atoms with Crippen LogP contribution in [-0.4, -0.2) is 41.6 Å². The quantitative estimate of drug-likeness (QED) is 0.299. The van der Waals surface area contributed by atoms with E-state index >= 15 is 0 Å². The molecule has 1 fully saturated rings. The van der Waals surface area contributed by atoms with Crippen LogP contribution >= 0.6 is 11.8 Å². The average Bonchev–Trinajstić information content (AvgIpc) is 3.53. The van der Waals surface area contributed by atoms with E-state index in [0.29, 0.717) is 16.2 Å². The molecule has 1 aliphatic heterocycles. The number of hydrogen-bond donors (Lipinski definition) is 1. The number of nitrogens with one attached hydrogen (secondary N) is 1. The van der Waals surface area contributed by atoms with Gasteiger partial charge in [-0.1, -0.05) is 49.2 Å². The second kappa shape index (κ2) is 13.3. The van der Waals surface area contributed by atoms with Gasteiger partial charge in [-0.15, -0.1) is 0 Å². The Morgan fingerprint density at radius 2 is 1.76 bits per heavy atom. The van der Waals surface area contributed by atoms with Gasteiger partial charge < -0.3 is 14.5 Å². The molecule has 0 spiro atoms. The summed E-state index contributed by atoms with van der Waals surface area (Å²) in [4.78, 5) is 48.5. The largest absolute Gasteiger partial charge is 0.465 e. The van der Waals surface area contributed by atoms with Crippen LogP contribution in [0.5, 0.6) is 0 Å². The first kappa shape index (κ1) is 27.5. The molecule has 4 rings (SSSR count). The lowest BCUT2D eigenvalue weighted by Crippen LogP contribution is -2.36. The van der Waals surface area contributed by atoms with Gasteiger partial charge in [-0.25, -0.2) is 4.79 Å². The second-order valence-electron chi connectivity index (χ2n) is 8.08. The molecule has 0 atom stereocenters. The number of furan rings is 1. The van der Waals surface area contributed by atoms with Gasteiger partial charge in [-0.3, -0.25) is 19.3 Å². The minimum absolute atomic E-state index is 0.262. The van der Waals surface area contributed by atoms with Crippen LogP contribution in [0.1, 0.15) is 35.7 Å². The van der Waals surface area contributed by atoms with Gasteiger partial charge in [0, 0.05) is 11.3 Å². The fourth-order valence-electron chi connectivity index (χ4n) is 3.26. The number of thioether (sulfide) groups is 1. The van der Waals surface area contributed by atoms with Crippen molar-refractivity contribution in [3.8, 4) is 11.3 Å². The van der Waals surface area contributed by atoms with Crippen LogP contribution in [0, 0.1) is 6.92 Å². The molecule has 0 aliphatic carbocycles. The first-order valence-electron chi connectivity index (χ1n) is 11.6. The third-order valence-electron chi connectivity index (χ3n) is 5.24. The van der Waals surface area contributed by atoms with Gasteiger partial charge >= 0.3 is 5.97 Å². The van der Waals surface area contributed by atoms with Gasteiger partial charge in [0.15, 0.2) is 0 Å². The van der Waals surface area contributed by atoms with E-state index < -0.39 is 5.24 Å². The number of rotatable bonds is 7. The molecule has 8 nitrogen and oxygen atoms in total. The zero-order chi connectivity index (χ0) is 26.8. The molecule has 0 bridgehead atoms. The second-order valence-corrected chi connectivity index (χ2v) is 9.07. The zero-order valence-electron chi connectivity index (χ0n) is 20.9. The standard InChI is InChI=1S/C16H18N2O3S.C12H10O3/c1-3-4-5-13-15(20)18(16(21)22-13)10-14(19)17-12-8-6-11(2)7-9-12;1-14-12(13)10-6-4-9(5-7-10)11-3-2-8-15-11/h5-9H,3-4,10H2,1-2H3,(H,17,19);2-8H,1H3/b13-5-;. The van der Waals surface area contributed by atoms with Crippen LogP contribution in [0.15, 0.2) is 82.3 Å². The number of amides is 3. The molecule has 3 aromatic rings. The van der Waals surface area contributed by atoms with Crippen molar-refractivity contribution in [1.82, 2.24) is 4.90 Å². The number of esters is 1. The molecule has 3 amide bonds. The normalized spacial score (nSPS) is 13.8. The van der Waals surface area contributed by atoms with Crippen molar-refractivity contribution in [2.75, 3.05) is 19.0 Å². The molecule has 1 saturated heterocycles. The van der Waals surface area contributed by atoms with Gasteiger partial charge in [0.1, 0.15) is 12.3 Å². The molecule has 1 aliphatic rings. The fraction of sp³-hybridized carbons (Fsp3) is 0.214. The maximum atomic E-state index is 12.1. The molecule has 0 radical (unpaired) electrons. The van der Waals surface area contributed by atoms with E-state index in [2.05, 4.69) is 10.1 Å². The van der Waals surface area contributed by atoms with Crippen LogP contribution in [0.2, 0.25) is 0 Å². The molecule has 0 saturated carbocycles. The van der Waals surface area contributed by atoms with Crippen molar-refractivity contribution >= 4 is 40.5 Å². The molecule has 37 heavy (non-hydrogen) atoms. The lowest BCUT2D eigenvalue weighted by atomic mass is 10.1. The number of ether oxygens (including phenoxy) is 1. The Bertz CT molecular complexity index is 1270. The number of methoxy groups -OCH3 is 1. The van der Waals surface area contributed by atoms with Crippen molar-refractivity contribution < 1.29 is 28.3 Å². The monoisotopic (exact) mass is 520 g/mol. The number of hydrogen-bond acceptors (Lipinski definition) is 7. The van der Waals surface area contributed by atoms with Gasteiger partial charge in [0.05, 0.1) is 23.8 Å². The van der Waals surface area contributed by atoms with E-state index in [9.17, 15) is 19.2 Å². The summed E-state index contributed by atoms with van der Waals surface area (Å²) in [5.74, 6) is -0.321. The zero-order valence-corrected chi connectivity index (χ0v) is 21.7. The number of carbonyl (C=O) groups is 4. The fourth-order valence-corrected chi connectivity index (χ4v) is 4.11. The summed E-state index contributed by atoms with van der Waals surface area (Å²) in [6.07, 6.45) is 5.01. The van der Waals surface area contributed by atoms with Crippen molar-refractivity contribution in [2.45, 2.75) is 26.7 Å². The number of carbonyl (C=O) groups excluding carboxylic acids is 4. The Morgan fingerprint density at radius 1 is 1.05 bits per heavy atom. The van der Waals surface area contributed by atoms with Crippen molar-refractivity contribution in [3.05, 3.63) is 89.0 Å². The van der Waals surface area contributed by atoms with Crippen LogP contribution < -0.4 is 5.32 Å². The molecular weight excluding hydrogens is 492 g/mol. The molecule has 2 aromatic carbocycles. The highest BCUT2D eigenvalue weighted by atomic mass is 32.2. The summed E-state index contributed by atoms with van der Waals surface area (Å²) in [6, 6.07) is 18.1. The van der Waals surface area contributed by atoms with E-state index in [1.807, 2.05) is 50.2 Å². The van der Waals surface area contributed by atoms with Crippen molar-refractivity contribution in [3.63, 3.8) is 0 Å². The Balaban J connectivity index is 0.000000220. The smallest absolute Gasteiger partial charge is 0.337 e. The SMILES string of the molecule is CCC/C=C1\SC(=O)N(CC(=O)Nc2ccc(C)cc2)C1=O.COC(=O)c1ccc(-c2ccco2)cc1. The van der Waals surface area contributed by atoms with Crippen LogP contribution in [-0.2, 0) is 14.3 Å². The number of unbranched alkanes of at least 4 members (excludes halogenated alkanes) is 1. The summed E-state index contributed by atoms with van der Waals surface area (Å²) >= 11 is 0.891. The Hall–Kier alpha value is -4.11. The molecule has 192 valence electrons. The van der Waals surface area contributed by atoms with E-state index in [-0.39, 0.29) is 24.3 Å². The third-order valence-corrected chi connectivity index (χ3v) is 6.20. The summed E-state index contributed by atoms with van der Waals surface area (Å²) in [6.45, 7) is 3.69. The Kier molecular flexibility index (Phi) is 9.85. The number of imide groups is 1. The van der Waals surface area contributed by atoms with Gasteiger partial charge in [-0.2, -0.15) is 0 Å². The highest BCUT2D eigenvalue weighted by Gasteiger charge is 2.35. The summed E-state index contributed by atoms with van der Waals surface area (Å²) in [7, 11) is 1.36. The first-order valence-corrected chi connectivity index (χ1v) is 12.5. The summed E-state index contributed by atoms with van der Waals surface area (Å²) in [5, 5.41) is 2.28. The average molecular weight is 521 g/mol. The molecule has 9 heteroatoms. The topological polar surface area (TPSA) is 106 Å². The Labute approximate surface area is 219 Å². The van der Waals surface area contributed by atoms with Gasteiger partial charge in [0.25, 0.3) is 11.1 Å². The highest BCUT2D eigenvalue weighted by molar-refractivity contribution is 8.18. The Morgan fingerprint density at radius 3 is 2.35 bits per heavy atom. The molecular formula is C28H28N2O6S. The minimum atomic E-state index is -0.397. The number of benzene rings is 2. The predicted molar refractivity (Wildman–Crippen MR) is 143 cm³/mol. The van der Waals surface area contributed by atoms with Gasteiger partial charge in [0.2, 0.25) is 5.91 Å². The molecule has 1 aromatic heterocycles. The van der Waals surface area contributed by atoms with Crippen molar-refractivity contribution in [1.29, 1.82) is 0 Å². The molecule has 1 N–H and O–H groups in total. The lowest BCUT2D eigenvalue weighted by Gasteiger charge is -2.12. The van der Waals surface area contributed by atoms with E-state index in [4.69, 9.17) is 4.42 Å². The van der Waals surface area contributed by atoms with Crippen LogP contribution in [0.3, 0.4) is 0 Å². The lowest BCUT2D eigenvalue weighted by molar-refractivity contribution is -0.127. The minimum Gasteiger partial charge on any atom is -0.465 e. The number of aryl methyl sites for hydroxylation is 1. The first-order chi connectivity index (χ1) is 17.8. The summed E-state index contributed by atoms with van der Waals surface area (Å²) in [5.41, 5.74) is 3.20. The van der Waals surface area contributed by atoms with E-state index in [0.717, 1.165) is 46.4 Å². The molecule has 0 unspecified atom stereocenters. The maximum absolute atomic E-state index is 12.1. The van der Waals surface area contributed by atoms with Crippen molar-refractivity contribution in [2.24, 2.45) is 0 Å².